The molecular weight excluding hydrogens is 308 g/mol. The first-order chi connectivity index (χ1) is 11.7. The molecule has 3 rings (SSSR count). The van der Waals surface area contributed by atoms with E-state index in [4.69, 9.17) is 14.6 Å². The van der Waals surface area contributed by atoms with Gasteiger partial charge in [-0.1, -0.05) is 18.2 Å². The minimum atomic E-state index is -0.910. The average Bonchev–Trinajstić information content (AvgIpc) is 2.61. The molecule has 0 bridgehead atoms. The third kappa shape index (κ3) is 4.53. The molecule has 1 aliphatic rings. The summed E-state index contributed by atoms with van der Waals surface area (Å²) in [6.07, 6.45) is 0.995. The number of pyridine rings is 1. The van der Waals surface area contributed by atoms with Crippen molar-refractivity contribution in [1.29, 1.82) is 0 Å². The lowest BCUT2D eigenvalue weighted by atomic mass is 10.1. The second-order valence-corrected chi connectivity index (χ2v) is 5.69. The molecular formula is C18H20N2O4. The molecule has 126 valence electrons. The lowest BCUT2D eigenvalue weighted by Gasteiger charge is -2.30. The van der Waals surface area contributed by atoms with E-state index >= 15 is 0 Å². The molecule has 6 nitrogen and oxygen atoms in total. The molecule has 0 unspecified atom stereocenters. The van der Waals surface area contributed by atoms with E-state index < -0.39 is 12.1 Å². The van der Waals surface area contributed by atoms with E-state index in [2.05, 4.69) is 9.88 Å². The van der Waals surface area contributed by atoms with Crippen molar-refractivity contribution >= 4 is 5.97 Å². The highest BCUT2D eigenvalue weighted by Crippen LogP contribution is 2.17. The molecule has 24 heavy (non-hydrogen) atoms. The van der Waals surface area contributed by atoms with Crippen molar-refractivity contribution in [2.45, 2.75) is 19.3 Å². The van der Waals surface area contributed by atoms with Crippen molar-refractivity contribution in [1.82, 2.24) is 9.88 Å². The number of rotatable bonds is 6. The average molecular weight is 328 g/mol. The molecule has 1 fully saturated rings. The minimum Gasteiger partial charge on any atom is -0.487 e. The van der Waals surface area contributed by atoms with E-state index in [0.29, 0.717) is 26.3 Å². The Labute approximate surface area is 140 Å². The van der Waals surface area contributed by atoms with E-state index in [0.717, 1.165) is 23.6 Å². The van der Waals surface area contributed by atoms with Crippen molar-refractivity contribution in [3.63, 3.8) is 0 Å². The Morgan fingerprint density at radius 3 is 3.04 bits per heavy atom. The van der Waals surface area contributed by atoms with Gasteiger partial charge in [0.15, 0.2) is 6.10 Å². The fourth-order valence-electron chi connectivity index (χ4n) is 2.63. The van der Waals surface area contributed by atoms with Crippen LogP contribution in [0.1, 0.15) is 11.3 Å². The molecule has 0 spiro atoms. The molecule has 0 saturated carbocycles. The van der Waals surface area contributed by atoms with Gasteiger partial charge in [0.05, 0.1) is 12.3 Å². The molecule has 1 aromatic carbocycles. The van der Waals surface area contributed by atoms with Gasteiger partial charge in [-0.3, -0.25) is 9.88 Å². The Hall–Kier alpha value is -2.44. The maximum Gasteiger partial charge on any atom is 0.334 e. The molecule has 2 aromatic rings. The number of carboxylic acid groups (broad SMARTS) is 1. The largest absolute Gasteiger partial charge is 0.487 e. The molecule has 2 heterocycles. The molecule has 1 aromatic heterocycles. The maximum atomic E-state index is 11.0. The zero-order chi connectivity index (χ0) is 16.8. The van der Waals surface area contributed by atoms with Crippen LogP contribution in [0.5, 0.6) is 5.75 Å². The lowest BCUT2D eigenvalue weighted by molar-refractivity contribution is -0.156. The molecule has 1 saturated heterocycles. The van der Waals surface area contributed by atoms with E-state index in [1.165, 1.54) is 0 Å². The van der Waals surface area contributed by atoms with E-state index in [9.17, 15) is 4.79 Å². The first-order valence-corrected chi connectivity index (χ1v) is 7.89. The van der Waals surface area contributed by atoms with E-state index in [1.807, 2.05) is 42.5 Å². The Bertz CT molecular complexity index is 678. The minimum absolute atomic E-state index is 0.397. The highest BCUT2D eigenvalue weighted by atomic mass is 16.5. The molecule has 1 N–H and O–H groups in total. The van der Waals surface area contributed by atoms with E-state index in [-0.39, 0.29) is 0 Å². The van der Waals surface area contributed by atoms with Gasteiger partial charge in [-0.15, -0.1) is 0 Å². The number of nitrogens with zero attached hydrogens (tertiary/aromatic N) is 2. The molecule has 0 radical (unpaired) electrons. The SMILES string of the molecule is O=C(O)[C@H]1CN(Cc2cccc(OCc3ccccn3)c2)CCO1. The summed E-state index contributed by atoms with van der Waals surface area (Å²) < 4.78 is 11.0. The number of carbonyl (C=O) groups is 1. The van der Waals surface area contributed by atoms with Crippen molar-refractivity contribution in [3.8, 4) is 5.75 Å². The zero-order valence-corrected chi connectivity index (χ0v) is 13.3. The van der Waals surface area contributed by atoms with Gasteiger partial charge >= 0.3 is 5.97 Å². The monoisotopic (exact) mass is 328 g/mol. The van der Waals surface area contributed by atoms with Gasteiger partial charge in [0, 0.05) is 25.8 Å². The summed E-state index contributed by atoms with van der Waals surface area (Å²) in [6, 6.07) is 13.6. The number of ether oxygens (including phenoxy) is 2. The maximum absolute atomic E-state index is 11.0. The second-order valence-electron chi connectivity index (χ2n) is 5.69. The summed E-state index contributed by atoms with van der Waals surface area (Å²) in [6.45, 7) is 2.65. The summed E-state index contributed by atoms with van der Waals surface area (Å²) in [5, 5.41) is 9.07. The predicted octanol–water partition coefficient (Wildman–Crippen LogP) is 1.95. The number of carboxylic acids is 1. The van der Waals surface area contributed by atoms with Crippen molar-refractivity contribution < 1.29 is 19.4 Å². The van der Waals surface area contributed by atoms with Crippen LogP contribution in [-0.4, -0.2) is 46.8 Å². The predicted molar refractivity (Wildman–Crippen MR) is 87.7 cm³/mol. The van der Waals surface area contributed by atoms with Crippen LogP contribution in [0.3, 0.4) is 0 Å². The lowest BCUT2D eigenvalue weighted by Crippen LogP contribution is -2.45. The van der Waals surface area contributed by atoms with Gasteiger partial charge in [-0.2, -0.15) is 0 Å². The van der Waals surface area contributed by atoms with Crippen LogP contribution in [-0.2, 0) is 22.7 Å². The standard InChI is InChI=1S/C18H20N2O4/c21-18(22)17-12-20(8-9-23-17)11-14-4-3-6-16(10-14)24-13-15-5-1-2-7-19-15/h1-7,10,17H,8-9,11-13H2,(H,21,22)/t17-/m1/s1. The van der Waals surface area contributed by atoms with Crippen LogP contribution < -0.4 is 4.74 Å². The Kier molecular flexibility index (Phi) is 5.40. The Balaban J connectivity index is 1.58. The number of hydrogen-bond donors (Lipinski definition) is 1. The highest BCUT2D eigenvalue weighted by Gasteiger charge is 2.26. The molecule has 0 aliphatic carbocycles. The molecule has 0 amide bonds. The third-order valence-electron chi connectivity index (χ3n) is 3.84. The van der Waals surface area contributed by atoms with Gasteiger partial charge in [0.2, 0.25) is 0 Å². The number of benzene rings is 1. The van der Waals surface area contributed by atoms with Gasteiger partial charge in [-0.05, 0) is 29.8 Å². The summed E-state index contributed by atoms with van der Waals surface area (Å²) in [7, 11) is 0. The smallest absolute Gasteiger partial charge is 0.334 e. The second kappa shape index (κ2) is 7.90. The first-order valence-electron chi connectivity index (χ1n) is 7.89. The van der Waals surface area contributed by atoms with Crippen LogP contribution in [0.25, 0.3) is 0 Å². The Morgan fingerprint density at radius 1 is 1.33 bits per heavy atom. The molecule has 1 atom stereocenters. The molecule has 6 heteroatoms. The van der Waals surface area contributed by atoms with Crippen molar-refractivity contribution in [2.24, 2.45) is 0 Å². The topological polar surface area (TPSA) is 71.9 Å². The van der Waals surface area contributed by atoms with Crippen LogP contribution in [0.2, 0.25) is 0 Å². The zero-order valence-electron chi connectivity index (χ0n) is 13.3. The van der Waals surface area contributed by atoms with E-state index in [1.54, 1.807) is 6.20 Å². The summed E-state index contributed by atoms with van der Waals surface area (Å²) in [5.74, 6) is -0.131. The van der Waals surface area contributed by atoms with Crippen molar-refractivity contribution in [3.05, 3.63) is 59.9 Å². The van der Waals surface area contributed by atoms with Crippen LogP contribution in [0.4, 0.5) is 0 Å². The number of aromatic nitrogens is 1. The van der Waals surface area contributed by atoms with Crippen molar-refractivity contribution in [2.75, 3.05) is 19.7 Å². The fraction of sp³-hybridized carbons (Fsp3) is 0.333. The van der Waals surface area contributed by atoms with Crippen LogP contribution in [0.15, 0.2) is 48.7 Å². The number of hydrogen-bond acceptors (Lipinski definition) is 5. The first kappa shape index (κ1) is 16.4. The van der Waals surface area contributed by atoms with Gasteiger partial charge in [-0.25, -0.2) is 4.79 Å². The third-order valence-corrected chi connectivity index (χ3v) is 3.84. The summed E-state index contributed by atoms with van der Waals surface area (Å²) >= 11 is 0. The quantitative estimate of drug-likeness (QED) is 0.874. The van der Waals surface area contributed by atoms with Gasteiger partial charge in [0.25, 0.3) is 0 Å². The van der Waals surface area contributed by atoms with Gasteiger partial charge in [0.1, 0.15) is 12.4 Å². The highest BCUT2D eigenvalue weighted by molar-refractivity contribution is 5.72. The number of aliphatic carboxylic acids is 1. The normalized spacial score (nSPS) is 18.2. The molecule has 1 aliphatic heterocycles. The van der Waals surface area contributed by atoms with Crippen LogP contribution >= 0.6 is 0 Å². The Morgan fingerprint density at radius 2 is 2.25 bits per heavy atom. The van der Waals surface area contributed by atoms with Crippen LogP contribution in [0, 0.1) is 0 Å². The van der Waals surface area contributed by atoms with Gasteiger partial charge < -0.3 is 14.6 Å². The number of morpholine rings is 1. The summed E-state index contributed by atoms with van der Waals surface area (Å²) in [4.78, 5) is 17.4. The summed E-state index contributed by atoms with van der Waals surface area (Å²) in [5.41, 5.74) is 1.96. The fourth-order valence-corrected chi connectivity index (χ4v) is 2.63.